The quantitative estimate of drug-likeness (QED) is 0.399. The molecule has 4 unspecified atom stereocenters. The Morgan fingerprint density at radius 3 is 2.29 bits per heavy atom. The second-order valence-corrected chi connectivity index (χ2v) is 9.41. The fraction of sp³-hybridized carbons (Fsp3) is 0.800. The van der Waals surface area contributed by atoms with Crippen LogP contribution >= 0.6 is 35.3 Å². The van der Waals surface area contributed by atoms with Gasteiger partial charge >= 0.3 is 0 Å². The molecule has 2 N–H and O–H groups in total. The topological polar surface area (TPSA) is 57.5 Å². The average Bonchev–Trinajstić information content (AvgIpc) is 2.79. The molecule has 122 valence electrons. The van der Waals surface area contributed by atoms with Crippen molar-refractivity contribution in [2.75, 3.05) is 25.4 Å². The van der Waals surface area contributed by atoms with Gasteiger partial charge in [-0.15, -0.1) is 35.3 Å². The molecule has 4 atom stereocenters. The van der Waals surface area contributed by atoms with E-state index >= 15 is 0 Å². The highest BCUT2D eigenvalue weighted by molar-refractivity contribution is 8.33. The average molecular weight is 351 g/mol. The third kappa shape index (κ3) is 3.83. The van der Waals surface area contributed by atoms with Crippen LogP contribution in [0.3, 0.4) is 0 Å². The Hall–Kier alpha value is 0.380. The van der Waals surface area contributed by atoms with Gasteiger partial charge in [0.2, 0.25) is 0 Å². The molecule has 0 radical (unpaired) electrons. The van der Waals surface area contributed by atoms with Crippen molar-refractivity contribution in [3.63, 3.8) is 0 Å². The predicted molar refractivity (Wildman–Crippen MR) is 95.9 cm³/mol. The molecular formula is C15H26O3S3. The fourth-order valence-corrected chi connectivity index (χ4v) is 7.09. The van der Waals surface area contributed by atoms with E-state index in [0.717, 1.165) is 6.29 Å². The van der Waals surface area contributed by atoms with E-state index < -0.39 is 5.60 Å². The Labute approximate surface area is 140 Å². The molecule has 6 heteroatoms. The van der Waals surface area contributed by atoms with Gasteiger partial charge in [-0.1, -0.05) is 19.1 Å². The molecular weight excluding hydrogens is 324 g/mol. The molecule has 0 aliphatic heterocycles. The lowest BCUT2D eigenvalue weighted by molar-refractivity contribution is -0.111. The number of allylic oxidation sites excluding steroid dienone is 1. The first kappa shape index (κ1) is 19.4. The molecule has 0 saturated heterocycles. The van der Waals surface area contributed by atoms with Crippen LogP contribution in [0.2, 0.25) is 0 Å². The summed E-state index contributed by atoms with van der Waals surface area (Å²) in [5, 5.41) is 20.2. The van der Waals surface area contributed by atoms with E-state index in [0.29, 0.717) is 12.8 Å². The molecule has 0 amide bonds. The van der Waals surface area contributed by atoms with Crippen LogP contribution in [0.25, 0.3) is 0 Å². The first-order valence-corrected chi connectivity index (χ1v) is 10.7. The van der Waals surface area contributed by atoms with Crippen molar-refractivity contribution in [3.8, 4) is 0 Å². The van der Waals surface area contributed by atoms with Gasteiger partial charge < -0.3 is 15.0 Å². The molecule has 1 fully saturated rings. The first-order chi connectivity index (χ1) is 9.93. The number of rotatable bonds is 8. The van der Waals surface area contributed by atoms with Gasteiger partial charge in [-0.05, 0) is 43.4 Å². The predicted octanol–water partition coefficient (Wildman–Crippen LogP) is 2.87. The second-order valence-electron chi connectivity index (χ2n) is 5.57. The maximum atomic E-state index is 11.4. The SMILES string of the molecule is CSC(SC)(SC)C1(O)CC(C)C(C(C=O)/C=C\CO)C1. The minimum Gasteiger partial charge on any atom is -0.392 e. The molecule has 0 aromatic carbocycles. The normalized spacial score (nSPS) is 31.7. The molecule has 1 aliphatic rings. The Bertz CT molecular complexity index is 363. The van der Waals surface area contributed by atoms with E-state index in [4.69, 9.17) is 5.11 Å². The standard InChI is InChI=1S/C15H26O3S3/c1-11-8-14(18,15(19-2,20-3)21-4)9-13(11)12(10-17)6-5-7-16/h5-6,10-13,16,18H,7-9H2,1-4H3/b6-5-. The second kappa shape index (κ2) is 8.29. The summed E-state index contributed by atoms with van der Waals surface area (Å²) in [5.41, 5.74) is -0.788. The maximum absolute atomic E-state index is 11.4. The Morgan fingerprint density at radius 2 is 1.86 bits per heavy atom. The zero-order valence-corrected chi connectivity index (χ0v) is 15.6. The van der Waals surface area contributed by atoms with Gasteiger partial charge in [0.1, 0.15) is 9.70 Å². The largest absolute Gasteiger partial charge is 0.392 e. The molecule has 1 saturated carbocycles. The summed E-state index contributed by atoms with van der Waals surface area (Å²) in [5.74, 6) is 0.171. The summed E-state index contributed by atoms with van der Waals surface area (Å²) >= 11 is 5.05. The molecule has 0 bridgehead atoms. The van der Waals surface area contributed by atoms with E-state index in [1.807, 2.05) is 18.8 Å². The summed E-state index contributed by atoms with van der Waals surface area (Å²) in [6.45, 7) is 2.05. The van der Waals surface area contributed by atoms with Gasteiger partial charge in [-0.2, -0.15) is 0 Å². The smallest absolute Gasteiger partial charge is 0.135 e. The molecule has 0 aromatic heterocycles. The molecule has 3 nitrogen and oxygen atoms in total. The Kier molecular flexibility index (Phi) is 7.67. The van der Waals surface area contributed by atoms with Crippen molar-refractivity contribution in [2.24, 2.45) is 17.8 Å². The van der Waals surface area contributed by atoms with Crippen molar-refractivity contribution in [2.45, 2.75) is 28.8 Å². The van der Waals surface area contributed by atoms with Crippen LogP contribution in [-0.2, 0) is 4.79 Å². The highest BCUT2D eigenvalue weighted by Crippen LogP contribution is 2.59. The number of hydrogen-bond acceptors (Lipinski definition) is 6. The Balaban J connectivity index is 3.01. The molecule has 1 rings (SSSR count). The van der Waals surface area contributed by atoms with E-state index in [1.54, 1.807) is 47.4 Å². The summed E-state index contributed by atoms with van der Waals surface area (Å²) in [7, 11) is 0. The van der Waals surface area contributed by atoms with Crippen LogP contribution in [0, 0.1) is 17.8 Å². The molecule has 1 aliphatic carbocycles. The summed E-state index contributed by atoms with van der Waals surface area (Å²) in [4.78, 5) is 11.4. The molecule has 21 heavy (non-hydrogen) atoms. The molecule has 0 heterocycles. The minimum atomic E-state index is -0.788. The summed E-state index contributed by atoms with van der Waals surface area (Å²) in [6.07, 6.45) is 11.8. The maximum Gasteiger partial charge on any atom is 0.135 e. The zero-order chi connectivity index (χ0) is 16.1. The number of hydrogen-bond donors (Lipinski definition) is 2. The van der Waals surface area contributed by atoms with Gasteiger partial charge in [-0.3, -0.25) is 0 Å². The van der Waals surface area contributed by atoms with Crippen molar-refractivity contribution < 1.29 is 15.0 Å². The van der Waals surface area contributed by atoms with Crippen LogP contribution in [-0.4, -0.2) is 50.9 Å². The number of aliphatic hydroxyl groups excluding tert-OH is 1. The third-order valence-electron chi connectivity index (χ3n) is 4.46. The van der Waals surface area contributed by atoms with Crippen molar-refractivity contribution in [3.05, 3.63) is 12.2 Å². The third-order valence-corrected chi connectivity index (χ3v) is 10.2. The van der Waals surface area contributed by atoms with Crippen LogP contribution in [0.1, 0.15) is 19.8 Å². The van der Waals surface area contributed by atoms with Gasteiger partial charge in [0.25, 0.3) is 0 Å². The number of aliphatic hydroxyl groups is 2. The van der Waals surface area contributed by atoms with Gasteiger partial charge in [0.05, 0.1) is 12.2 Å². The number of carbonyl (C=O) groups excluding carboxylic acids is 1. The monoisotopic (exact) mass is 350 g/mol. The van der Waals surface area contributed by atoms with Crippen molar-refractivity contribution in [1.29, 1.82) is 0 Å². The van der Waals surface area contributed by atoms with Crippen LogP contribution in [0.5, 0.6) is 0 Å². The fourth-order valence-electron chi connectivity index (χ4n) is 3.45. The minimum absolute atomic E-state index is 0.0555. The van der Waals surface area contributed by atoms with Crippen molar-refractivity contribution in [1.82, 2.24) is 0 Å². The van der Waals surface area contributed by atoms with Gasteiger partial charge in [-0.25, -0.2) is 0 Å². The van der Waals surface area contributed by atoms with Crippen LogP contribution in [0.15, 0.2) is 12.2 Å². The first-order valence-electron chi connectivity index (χ1n) is 7.04. The van der Waals surface area contributed by atoms with Crippen LogP contribution in [0.4, 0.5) is 0 Å². The van der Waals surface area contributed by atoms with Crippen LogP contribution < -0.4 is 0 Å². The number of aldehydes is 1. The molecule has 0 spiro atoms. The molecule has 0 aromatic rings. The number of thioether (sulfide) groups is 3. The summed E-state index contributed by atoms with van der Waals surface area (Å²) in [6, 6.07) is 0. The number of carbonyl (C=O) groups is 1. The van der Waals surface area contributed by atoms with E-state index in [-0.39, 0.29) is 27.8 Å². The summed E-state index contributed by atoms with van der Waals surface area (Å²) < 4.78 is -0.301. The Morgan fingerprint density at radius 1 is 1.29 bits per heavy atom. The van der Waals surface area contributed by atoms with E-state index in [2.05, 4.69) is 6.92 Å². The van der Waals surface area contributed by atoms with E-state index in [9.17, 15) is 9.90 Å². The van der Waals surface area contributed by atoms with E-state index in [1.165, 1.54) is 0 Å². The van der Waals surface area contributed by atoms with Crippen molar-refractivity contribution >= 4 is 41.6 Å². The zero-order valence-electron chi connectivity index (χ0n) is 13.1. The van der Waals surface area contributed by atoms with Gasteiger partial charge in [0, 0.05) is 5.92 Å². The highest BCUT2D eigenvalue weighted by Gasteiger charge is 2.56. The lowest BCUT2D eigenvalue weighted by Crippen LogP contribution is -2.45. The lowest BCUT2D eigenvalue weighted by atomic mass is 9.85. The van der Waals surface area contributed by atoms with Gasteiger partial charge in [0.15, 0.2) is 0 Å². The lowest BCUT2D eigenvalue weighted by Gasteiger charge is -2.42. The highest BCUT2D eigenvalue weighted by atomic mass is 32.3.